The lowest BCUT2D eigenvalue weighted by molar-refractivity contribution is 0.108. The van der Waals surface area contributed by atoms with Gasteiger partial charge in [-0.25, -0.2) is 4.39 Å². The van der Waals surface area contributed by atoms with Gasteiger partial charge in [0.05, 0.1) is 6.61 Å². The summed E-state index contributed by atoms with van der Waals surface area (Å²) in [7, 11) is 0. The van der Waals surface area contributed by atoms with E-state index in [1.54, 1.807) is 31.2 Å². The third-order valence-corrected chi connectivity index (χ3v) is 3.11. The van der Waals surface area contributed by atoms with Crippen LogP contribution in [0, 0.1) is 12.7 Å². The van der Waals surface area contributed by atoms with Crippen molar-refractivity contribution in [3.8, 4) is 11.5 Å². The van der Waals surface area contributed by atoms with Crippen molar-refractivity contribution in [1.82, 2.24) is 0 Å². The van der Waals surface area contributed by atoms with E-state index in [4.69, 9.17) is 9.47 Å². The van der Waals surface area contributed by atoms with E-state index in [9.17, 15) is 9.50 Å². The Hall–Kier alpha value is -2.07. The molecular weight excluding hydrogens is 271 g/mol. The standard InChI is InChI=1S/C17H19FO3/c1-3-20-14-6-4-13(5-7-14)17(19)11-21-15-8-9-16(18)12(2)10-15/h4-10,17,19H,3,11H2,1-2H3. The van der Waals surface area contributed by atoms with Crippen LogP contribution in [0.4, 0.5) is 4.39 Å². The third-order valence-electron chi connectivity index (χ3n) is 3.11. The lowest BCUT2D eigenvalue weighted by Crippen LogP contribution is -2.09. The largest absolute Gasteiger partial charge is 0.494 e. The van der Waals surface area contributed by atoms with E-state index in [1.807, 2.05) is 19.1 Å². The van der Waals surface area contributed by atoms with Crippen LogP contribution in [0.2, 0.25) is 0 Å². The molecule has 0 spiro atoms. The van der Waals surface area contributed by atoms with Crippen molar-refractivity contribution >= 4 is 0 Å². The van der Waals surface area contributed by atoms with Gasteiger partial charge in [0.2, 0.25) is 0 Å². The van der Waals surface area contributed by atoms with E-state index in [1.165, 1.54) is 6.07 Å². The Labute approximate surface area is 124 Å². The van der Waals surface area contributed by atoms with Crippen molar-refractivity contribution in [3.63, 3.8) is 0 Å². The lowest BCUT2D eigenvalue weighted by Gasteiger charge is -2.14. The van der Waals surface area contributed by atoms with Crippen LogP contribution in [-0.2, 0) is 0 Å². The summed E-state index contributed by atoms with van der Waals surface area (Å²) in [6.45, 7) is 4.31. The van der Waals surface area contributed by atoms with Crippen LogP contribution in [-0.4, -0.2) is 18.3 Å². The molecule has 1 N–H and O–H groups in total. The number of hydrogen-bond donors (Lipinski definition) is 1. The zero-order valence-corrected chi connectivity index (χ0v) is 12.2. The van der Waals surface area contributed by atoms with Crippen molar-refractivity contribution < 1.29 is 19.0 Å². The van der Waals surface area contributed by atoms with Gasteiger partial charge in [-0.2, -0.15) is 0 Å². The second-order valence-corrected chi connectivity index (χ2v) is 4.74. The number of aryl methyl sites for hydroxylation is 1. The highest BCUT2D eigenvalue weighted by Gasteiger charge is 2.09. The lowest BCUT2D eigenvalue weighted by atomic mass is 10.1. The van der Waals surface area contributed by atoms with Crippen LogP contribution in [0.25, 0.3) is 0 Å². The molecule has 4 heteroatoms. The van der Waals surface area contributed by atoms with Gasteiger partial charge in [-0.05, 0) is 55.3 Å². The molecule has 21 heavy (non-hydrogen) atoms. The van der Waals surface area contributed by atoms with Crippen LogP contribution in [0.5, 0.6) is 11.5 Å². The number of aliphatic hydroxyl groups excluding tert-OH is 1. The van der Waals surface area contributed by atoms with Crippen molar-refractivity contribution in [2.45, 2.75) is 20.0 Å². The zero-order chi connectivity index (χ0) is 15.2. The van der Waals surface area contributed by atoms with Crippen LogP contribution in [0.1, 0.15) is 24.2 Å². The summed E-state index contributed by atoms with van der Waals surface area (Å²) in [5, 5.41) is 10.1. The zero-order valence-electron chi connectivity index (χ0n) is 12.2. The maximum absolute atomic E-state index is 13.1. The Balaban J connectivity index is 1.94. The van der Waals surface area contributed by atoms with E-state index in [2.05, 4.69) is 0 Å². The Morgan fingerprint density at radius 3 is 2.33 bits per heavy atom. The van der Waals surface area contributed by atoms with Crippen molar-refractivity contribution in [2.75, 3.05) is 13.2 Å². The first-order valence-corrected chi connectivity index (χ1v) is 6.90. The third kappa shape index (κ3) is 4.20. The minimum absolute atomic E-state index is 0.110. The Bertz CT molecular complexity index is 581. The minimum atomic E-state index is -0.744. The molecule has 2 aromatic carbocycles. The van der Waals surface area contributed by atoms with E-state index in [0.717, 1.165) is 11.3 Å². The molecule has 0 aromatic heterocycles. The summed E-state index contributed by atoms with van der Waals surface area (Å²) < 4.78 is 24.0. The monoisotopic (exact) mass is 290 g/mol. The van der Waals surface area contributed by atoms with Crippen LogP contribution in [0.15, 0.2) is 42.5 Å². The molecular formula is C17H19FO3. The first kappa shape index (κ1) is 15.3. The molecule has 0 fully saturated rings. The van der Waals surface area contributed by atoms with E-state index >= 15 is 0 Å². The fourth-order valence-electron chi connectivity index (χ4n) is 1.93. The Morgan fingerprint density at radius 2 is 1.71 bits per heavy atom. The molecule has 2 rings (SSSR count). The summed E-state index contributed by atoms with van der Waals surface area (Å²) in [5.74, 6) is 1.04. The SMILES string of the molecule is CCOc1ccc(C(O)COc2ccc(F)c(C)c2)cc1. The highest BCUT2D eigenvalue weighted by Crippen LogP contribution is 2.21. The highest BCUT2D eigenvalue weighted by atomic mass is 19.1. The number of halogens is 1. The summed E-state index contributed by atoms with van der Waals surface area (Å²) in [4.78, 5) is 0. The van der Waals surface area contributed by atoms with E-state index in [-0.39, 0.29) is 12.4 Å². The molecule has 112 valence electrons. The molecule has 3 nitrogen and oxygen atoms in total. The molecule has 0 bridgehead atoms. The molecule has 0 saturated heterocycles. The second-order valence-electron chi connectivity index (χ2n) is 4.74. The first-order chi connectivity index (χ1) is 10.1. The summed E-state index contributed by atoms with van der Waals surface area (Å²) >= 11 is 0. The van der Waals surface area contributed by atoms with E-state index in [0.29, 0.717) is 17.9 Å². The Morgan fingerprint density at radius 1 is 1.05 bits per heavy atom. The van der Waals surface area contributed by atoms with Gasteiger partial charge >= 0.3 is 0 Å². The number of hydrogen-bond acceptors (Lipinski definition) is 3. The molecule has 1 atom stereocenters. The maximum Gasteiger partial charge on any atom is 0.126 e. The molecule has 0 aliphatic heterocycles. The average Bonchev–Trinajstić information content (AvgIpc) is 2.49. The molecule has 1 unspecified atom stereocenters. The number of ether oxygens (including phenoxy) is 2. The predicted molar refractivity (Wildman–Crippen MR) is 79.2 cm³/mol. The average molecular weight is 290 g/mol. The van der Waals surface area contributed by atoms with Gasteiger partial charge in [0.1, 0.15) is 30.0 Å². The molecule has 0 aliphatic carbocycles. The fourth-order valence-corrected chi connectivity index (χ4v) is 1.93. The first-order valence-electron chi connectivity index (χ1n) is 6.90. The van der Waals surface area contributed by atoms with Crippen LogP contribution >= 0.6 is 0 Å². The van der Waals surface area contributed by atoms with Crippen LogP contribution in [0.3, 0.4) is 0 Å². The molecule has 0 amide bonds. The van der Waals surface area contributed by atoms with Gasteiger partial charge in [0.15, 0.2) is 0 Å². The quantitative estimate of drug-likeness (QED) is 0.882. The number of aliphatic hydroxyl groups is 1. The molecule has 0 saturated carbocycles. The highest BCUT2D eigenvalue weighted by molar-refractivity contribution is 5.30. The van der Waals surface area contributed by atoms with Gasteiger partial charge < -0.3 is 14.6 Å². The summed E-state index contributed by atoms with van der Waals surface area (Å²) in [6, 6.07) is 11.7. The predicted octanol–water partition coefficient (Wildman–Crippen LogP) is 3.65. The Kier molecular flexibility index (Phi) is 5.17. The fraction of sp³-hybridized carbons (Fsp3) is 0.294. The molecule has 0 heterocycles. The van der Waals surface area contributed by atoms with Gasteiger partial charge in [-0.1, -0.05) is 12.1 Å². The summed E-state index contributed by atoms with van der Waals surface area (Å²) in [6.07, 6.45) is -0.744. The minimum Gasteiger partial charge on any atom is -0.494 e. The van der Waals surface area contributed by atoms with Gasteiger partial charge in [-0.3, -0.25) is 0 Å². The van der Waals surface area contributed by atoms with E-state index < -0.39 is 6.10 Å². The van der Waals surface area contributed by atoms with Gasteiger partial charge in [0.25, 0.3) is 0 Å². The van der Waals surface area contributed by atoms with Gasteiger partial charge in [-0.15, -0.1) is 0 Å². The molecule has 0 radical (unpaired) electrons. The second kappa shape index (κ2) is 7.09. The maximum atomic E-state index is 13.1. The van der Waals surface area contributed by atoms with Crippen molar-refractivity contribution in [1.29, 1.82) is 0 Å². The van der Waals surface area contributed by atoms with Crippen molar-refractivity contribution in [2.24, 2.45) is 0 Å². The number of rotatable bonds is 6. The molecule has 2 aromatic rings. The van der Waals surface area contributed by atoms with Crippen LogP contribution < -0.4 is 9.47 Å². The normalized spacial score (nSPS) is 12.0. The number of benzene rings is 2. The van der Waals surface area contributed by atoms with Crippen molar-refractivity contribution in [3.05, 3.63) is 59.4 Å². The topological polar surface area (TPSA) is 38.7 Å². The summed E-state index contributed by atoms with van der Waals surface area (Å²) in [5.41, 5.74) is 1.26. The smallest absolute Gasteiger partial charge is 0.126 e. The van der Waals surface area contributed by atoms with Gasteiger partial charge in [0, 0.05) is 0 Å². The molecule has 0 aliphatic rings.